The Kier molecular flexibility index (Phi) is 3.98. The van der Waals surface area contributed by atoms with Gasteiger partial charge in [0.05, 0.1) is 13.1 Å². The van der Waals surface area contributed by atoms with Gasteiger partial charge >= 0.3 is 6.09 Å². The van der Waals surface area contributed by atoms with E-state index in [1.807, 2.05) is 0 Å². The molecule has 0 bridgehead atoms. The Balaban J connectivity index is 1.86. The van der Waals surface area contributed by atoms with Gasteiger partial charge in [0.2, 0.25) is 0 Å². The summed E-state index contributed by atoms with van der Waals surface area (Å²) in [5.41, 5.74) is -0.560. The molecule has 1 amide bonds. The van der Waals surface area contributed by atoms with E-state index >= 15 is 0 Å². The Morgan fingerprint density at radius 1 is 1.48 bits per heavy atom. The van der Waals surface area contributed by atoms with Crippen LogP contribution < -0.4 is 4.74 Å². The Bertz CT molecular complexity index is 586. The second-order valence-electron chi connectivity index (χ2n) is 5.72. The van der Waals surface area contributed by atoms with Crippen LogP contribution in [0.5, 0.6) is 5.75 Å². The SMILES string of the molecule is CC(C)(C)OC(=O)N1CC(Oc2ccc(C#N)nc2F)C1. The first-order valence-electron chi connectivity index (χ1n) is 6.50. The number of rotatable bonds is 2. The first kappa shape index (κ1) is 15.0. The molecule has 1 aliphatic rings. The number of carbonyl (C=O) groups is 1. The molecular weight excluding hydrogens is 277 g/mol. The molecule has 0 aromatic carbocycles. The summed E-state index contributed by atoms with van der Waals surface area (Å²) in [7, 11) is 0. The Labute approximate surface area is 122 Å². The number of amides is 1. The normalized spacial score (nSPS) is 15.1. The number of hydrogen-bond donors (Lipinski definition) is 0. The van der Waals surface area contributed by atoms with Crippen LogP contribution in [0.3, 0.4) is 0 Å². The minimum Gasteiger partial charge on any atom is -0.482 e. The van der Waals surface area contributed by atoms with Crippen molar-refractivity contribution in [3.63, 3.8) is 0 Å². The second kappa shape index (κ2) is 5.56. The van der Waals surface area contributed by atoms with E-state index in [0.29, 0.717) is 13.1 Å². The third-order valence-corrected chi connectivity index (χ3v) is 2.72. The Morgan fingerprint density at radius 2 is 2.14 bits per heavy atom. The van der Waals surface area contributed by atoms with Gasteiger partial charge in [0.25, 0.3) is 5.95 Å². The van der Waals surface area contributed by atoms with Crippen LogP contribution in [0.1, 0.15) is 26.5 Å². The largest absolute Gasteiger partial charge is 0.482 e. The molecule has 0 atom stereocenters. The van der Waals surface area contributed by atoms with Crippen LogP contribution in [0.25, 0.3) is 0 Å². The van der Waals surface area contributed by atoms with Crippen molar-refractivity contribution in [3.8, 4) is 11.8 Å². The van der Waals surface area contributed by atoms with E-state index in [-0.39, 0.29) is 17.5 Å². The lowest BCUT2D eigenvalue weighted by molar-refractivity contribution is -0.0231. The average Bonchev–Trinajstić information content (AvgIpc) is 2.32. The lowest BCUT2D eigenvalue weighted by Crippen LogP contribution is -2.57. The summed E-state index contributed by atoms with van der Waals surface area (Å²) in [6, 6.07) is 4.48. The van der Waals surface area contributed by atoms with E-state index in [1.165, 1.54) is 17.0 Å². The fourth-order valence-electron chi connectivity index (χ4n) is 1.74. The van der Waals surface area contributed by atoms with Crippen LogP contribution >= 0.6 is 0 Å². The fourth-order valence-corrected chi connectivity index (χ4v) is 1.74. The molecule has 0 N–H and O–H groups in total. The van der Waals surface area contributed by atoms with E-state index in [2.05, 4.69) is 4.98 Å². The highest BCUT2D eigenvalue weighted by Gasteiger charge is 2.35. The first-order chi connectivity index (χ1) is 9.78. The highest BCUT2D eigenvalue weighted by molar-refractivity contribution is 5.69. The summed E-state index contributed by atoms with van der Waals surface area (Å²) in [5.74, 6) is -0.854. The molecule has 1 aromatic heterocycles. The minimum atomic E-state index is -0.829. The van der Waals surface area contributed by atoms with Crippen LogP contribution in [0, 0.1) is 17.3 Å². The first-order valence-corrected chi connectivity index (χ1v) is 6.50. The summed E-state index contributed by atoms with van der Waals surface area (Å²) >= 11 is 0. The highest BCUT2D eigenvalue weighted by Crippen LogP contribution is 2.22. The summed E-state index contributed by atoms with van der Waals surface area (Å²) in [6.07, 6.45) is -0.720. The number of aromatic nitrogens is 1. The molecule has 1 saturated heterocycles. The monoisotopic (exact) mass is 293 g/mol. The zero-order chi connectivity index (χ0) is 15.6. The quantitative estimate of drug-likeness (QED) is 0.780. The van der Waals surface area contributed by atoms with Crippen molar-refractivity contribution in [2.45, 2.75) is 32.5 Å². The number of halogens is 1. The number of likely N-dealkylation sites (tertiary alicyclic amines) is 1. The summed E-state index contributed by atoms with van der Waals surface area (Å²) in [4.78, 5) is 16.6. The van der Waals surface area contributed by atoms with E-state index in [0.717, 1.165) is 0 Å². The second-order valence-corrected chi connectivity index (χ2v) is 5.72. The van der Waals surface area contributed by atoms with Crippen molar-refractivity contribution in [1.29, 1.82) is 5.26 Å². The molecule has 112 valence electrons. The maximum Gasteiger partial charge on any atom is 0.410 e. The van der Waals surface area contributed by atoms with Crippen molar-refractivity contribution in [2.75, 3.05) is 13.1 Å². The maximum atomic E-state index is 13.5. The van der Waals surface area contributed by atoms with Gasteiger partial charge in [-0.15, -0.1) is 0 Å². The Hall–Kier alpha value is -2.36. The van der Waals surface area contributed by atoms with Gasteiger partial charge in [-0.1, -0.05) is 0 Å². The van der Waals surface area contributed by atoms with Gasteiger partial charge in [-0.25, -0.2) is 9.78 Å². The summed E-state index contributed by atoms with van der Waals surface area (Å²) < 4.78 is 24.1. The van der Waals surface area contributed by atoms with E-state index in [4.69, 9.17) is 14.7 Å². The fraction of sp³-hybridized carbons (Fsp3) is 0.500. The third-order valence-electron chi connectivity index (χ3n) is 2.72. The Morgan fingerprint density at radius 3 is 2.67 bits per heavy atom. The predicted molar refractivity (Wildman–Crippen MR) is 71.1 cm³/mol. The maximum absolute atomic E-state index is 13.5. The summed E-state index contributed by atoms with van der Waals surface area (Å²) in [6.45, 7) is 6.02. The van der Waals surface area contributed by atoms with E-state index in [9.17, 15) is 9.18 Å². The van der Waals surface area contributed by atoms with Crippen LogP contribution in [0.2, 0.25) is 0 Å². The van der Waals surface area contributed by atoms with Crippen LogP contribution in [-0.2, 0) is 4.74 Å². The molecule has 0 aliphatic carbocycles. The van der Waals surface area contributed by atoms with Crippen LogP contribution in [0.15, 0.2) is 12.1 Å². The molecule has 0 saturated carbocycles. The molecule has 21 heavy (non-hydrogen) atoms. The topological polar surface area (TPSA) is 75.4 Å². The minimum absolute atomic E-state index is 0.0103. The van der Waals surface area contributed by atoms with Gasteiger partial charge < -0.3 is 14.4 Å². The van der Waals surface area contributed by atoms with E-state index < -0.39 is 17.6 Å². The molecule has 2 heterocycles. The highest BCUT2D eigenvalue weighted by atomic mass is 19.1. The number of ether oxygens (including phenoxy) is 2. The number of hydrogen-bond acceptors (Lipinski definition) is 5. The van der Waals surface area contributed by atoms with Gasteiger partial charge in [-0.2, -0.15) is 9.65 Å². The van der Waals surface area contributed by atoms with Gasteiger partial charge in [0.15, 0.2) is 5.75 Å². The lowest BCUT2D eigenvalue weighted by atomic mass is 10.1. The van der Waals surface area contributed by atoms with Gasteiger partial charge in [0, 0.05) is 0 Å². The van der Waals surface area contributed by atoms with Crippen LogP contribution in [-0.4, -0.2) is 40.8 Å². The lowest BCUT2D eigenvalue weighted by Gasteiger charge is -2.39. The van der Waals surface area contributed by atoms with Crippen molar-refractivity contribution >= 4 is 6.09 Å². The predicted octanol–water partition coefficient (Wildman–Crippen LogP) is 2.09. The van der Waals surface area contributed by atoms with Crippen LogP contribution in [0.4, 0.5) is 9.18 Å². The summed E-state index contributed by atoms with van der Waals surface area (Å²) in [5, 5.41) is 8.60. The number of nitriles is 1. The zero-order valence-electron chi connectivity index (χ0n) is 12.1. The van der Waals surface area contributed by atoms with Gasteiger partial charge in [-0.05, 0) is 32.9 Å². The third kappa shape index (κ3) is 3.81. The molecule has 1 aliphatic heterocycles. The molecule has 0 spiro atoms. The van der Waals surface area contributed by atoms with Crippen molar-refractivity contribution < 1.29 is 18.7 Å². The zero-order valence-corrected chi connectivity index (χ0v) is 12.1. The van der Waals surface area contributed by atoms with Gasteiger partial charge in [-0.3, -0.25) is 0 Å². The molecule has 0 radical (unpaired) electrons. The van der Waals surface area contributed by atoms with Crippen molar-refractivity contribution in [2.24, 2.45) is 0 Å². The number of carbonyl (C=O) groups excluding carboxylic acids is 1. The standard InChI is InChI=1S/C14H16FN3O3/c1-14(2,3)21-13(19)18-7-10(8-18)20-11-5-4-9(6-16)17-12(11)15/h4-5,10H,7-8H2,1-3H3. The molecule has 6 nitrogen and oxygen atoms in total. The average molecular weight is 293 g/mol. The molecule has 0 unspecified atom stereocenters. The molecule has 2 rings (SSSR count). The molecular formula is C14H16FN3O3. The van der Waals surface area contributed by atoms with Gasteiger partial charge in [0.1, 0.15) is 23.5 Å². The number of nitrogens with zero attached hydrogens (tertiary/aromatic N) is 3. The van der Waals surface area contributed by atoms with Crippen molar-refractivity contribution in [3.05, 3.63) is 23.8 Å². The molecule has 1 fully saturated rings. The van der Waals surface area contributed by atoms with E-state index in [1.54, 1.807) is 26.8 Å². The molecule has 7 heteroatoms. The molecule has 1 aromatic rings. The van der Waals surface area contributed by atoms with Crippen molar-refractivity contribution in [1.82, 2.24) is 9.88 Å². The smallest absolute Gasteiger partial charge is 0.410 e. The number of pyridine rings is 1.